The lowest BCUT2D eigenvalue weighted by Crippen LogP contribution is -2.14. The molecule has 0 spiro atoms. The molecule has 0 aliphatic carbocycles. The molecule has 1 heterocycles. The molecule has 0 unspecified atom stereocenters. The van der Waals surface area contributed by atoms with Crippen LogP contribution in [0.3, 0.4) is 0 Å². The van der Waals surface area contributed by atoms with E-state index in [1.165, 1.54) is 17.3 Å². The summed E-state index contributed by atoms with van der Waals surface area (Å²) >= 11 is 9.05. The van der Waals surface area contributed by atoms with E-state index in [0.717, 1.165) is 33.2 Å². The predicted molar refractivity (Wildman–Crippen MR) is 113 cm³/mol. The second-order valence-corrected chi connectivity index (χ2v) is 8.14. The number of hydrogen-bond acceptors (Lipinski definition) is 5. The molecule has 8 heteroatoms. The number of carbonyl (C=O) groups is 1. The van der Waals surface area contributed by atoms with Crippen molar-refractivity contribution in [3.8, 4) is 0 Å². The number of rotatable bonds is 8. The molecular formula is C19H19ClN4OS2. The summed E-state index contributed by atoms with van der Waals surface area (Å²) in [5.74, 6) is 2.75. The quantitative estimate of drug-likeness (QED) is 0.540. The number of para-hydroxylation sites is 1. The van der Waals surface area contributed by atoms with Crippen molar-refractivity contribution in [2.45, 2.75) is 16.7 Å². The van der Waals surface area contributed by atoms with Crippen molar-refractivity contribution in [2.24, 2.45) is 7.05 Å². The van der Waals surface area contributed by atoms with Gasteiger partial charge in [0.2, 0.25) is 5.91 Å². The summed E-state index contributed by atoms with van der Waals surface area (Å²) in [5.41, 5.74) is 2.01. The van der Waals surface area contributed by atoms with Crippen LogP contribution in [-0.4, -0.2) is 26.4 Å². The fourth-order valence-corrected chi connectivity index (χ4v) is 4.11. The summed E-state index contributed by atoms with van der Waals surface area (Å²) in [6.07, 6.45) is 0. The van der Waals surface area contributed by atoms with Gasteiger partial charge in [0.05, 0.1) is 11.5 Å². The summed E-state index contributed by atoms with van der Waals surface area (Å²) in [6.45, 7) is 0. The fraction of sp³-hybridized carbons (Fsp3) is 0.211. The lowest BCUT2D eigenvalue weighted by atomic mass is 10.2. The summed E-state index contributed by atoms with van der Waals surface area (Å²) in [4.78, 5) is 12.1. The first-order chi connectivity index (χ1) is 13.1. The molecule has 0 radical (unpaired) electrons. The highest BCUT2D eigenvalue weighted by molar-refractivity contribution is 7.99. The van der Waals surface area contributed by atoms with Gasteiger partial charge in [0.1, 0.15) is 5.82 Å². The van der Waals surface area contributed by atoms with Gasteiger partial charge in [-0.2, -0.15) is 0 Å². The van der Waals surface area contributed by atoms with Gasteiger partial charge in [-0.1, -0.05) is 53.7 Å². The Bertz CT molecular complexity index is 884. The van der Waals surface area contributed by atoms with Crippen LogP contribution in [0.2, 0.25) is 5.02 Å². The molecule has 3 aromatic rings. The Kier molecular flexibility index (Phi) is 7.20. The van der Waals surface area contributed by atoms with Crippen molar-refractivity contribution in [3.63, 3.8) is 0 Å². The van der Waals surface area contributed by atoms with Crippen LogP contribution in [0.5, 0.6) is 0 Å². The standard InChI is InChI=1S/C19H19ClN4OS2/c1-24-17(12-26-11-14-7-9-15(20)10-8-14)22-23-19(24)27-13-18(25)21-16-5-3-2-4-6-16/h2-10H,11-13H2,1H3,(H,21,25). The molecular weight excluding hydrogens is 400 g/mol. The van der Waals surface area contributed by atoms with Crippen LogP contribution >= 0.6 is 35.1 Å². The first-order valence-electron chi connectivity index (χ1n) is 8.30. The Balaban J connectivity index is 1.46. The van der Waals surface area contributed by atoms with Crippen LogP contribution in [0.4, 0.5) is 5.69 Å². The molecule has 0 aliphatic heterocycles. The zero-order chi connectivity index (χ0) is 19.1. The molecule has 0 saturated heterocycles. The second-order valence-electron chi connectivity index (χ2n) is 5.78. The molecule has 2 aromatic carbocycles. The Morgan fingerprint density at radius 3 is 2.56 bits per heavy atom. The molecule has 0 fully saturated rings. The molecule has 0 saturated carbocycles. The number of nitrogens with zero attached hydrogens (tertiary/aromatic N) is 3. The third kappa shape index (κ3) is 6.02. The molecule has 1 aromatic heterocycles. The molecule has 27 heavy (non-hydrogen) atoms. The molecule has 0 atom stereocenters. The summed E-state index contributed by atoms with van der Waals surface area (Å²) < 4.78 is 1.94. The minimum Gasteiger partial charge on any atom is -0.325 e. The number of aromatic nitrogens is 3. The van der Waals surface area contributed by atoms with Gasteiger partial charge in [-0.15, -0.1) is 22.0 Å². The number of nitrogens with one attached hydrogen (secondary N) is 1. The Hall–Kier alpha value is -1.96. The number of hydrogen-bond donors (Lipinski definition) is 1. The highest BCUT2D eigenvalue weighted by atomic mass is 35.5. The van der Waals surface area contributed by atoms with Gasteiger partial charge < -0.3 is 9.88 Å². The van der Waals surface area contributed by atoms with Gasteiger partial charge in [-0.25, -0.2) is 0 Å². The Labute approximate surface area is 171 Å². The van der Waals surface area contributed by atoms with Crippen molar-refractivity contribution in [1.29, 1.82) is 0 Å². The third-order valence-corrected chi connectivity index (χ3v) is 6.00. The average Bonchev–Trinajstić information content (AvgIpc) is 3.02. The smallest absolute Gasteiger partial charge is 0.234 e. The number of anilines is 1. The predicted octanol–water partition coefficient (Wildman–Crippen LogP) is 4.63. The van der Waals surface area contributed by atoms with E-state index in [1.54, 1.807) is 11.8 Å². The number of amides is 1. The summed E-state index contributed by atoms with van der Waals surface area (Å²) in [5, 5.41) is 12.8. The maximum absolute atomic E-state index is 12.1. The van der Waals surface area contributed by atoms with Crippen LogP contribution in [0.1, 0.15) is 11.4 Å². The van der Waals surface area contributed by atoms with E-state index in [4.69, 9.17) is 11.6 Å². The van der Waals surface area contributed by atoms with Crippen LogP contribution in [-0.2, 0) is 23.3 Å². The maximum Gasteiger partial charge on any atom is 0.234 e. The zero-order valence-electron chi connectivity index (χ0n) is 14.8. The molecule has 5 nitrogen and oxygen atoms in total. The van der Waals surface area contributed by atoms with Crippen LogP contribution in [0.25, 0.3) is 0 Å². The largest absolute Gasteiger partial charge is 0.325 e. The van der Waals surface area contributed by atoms with Gasteiger partial charge in [-0.05, 0) is 29.8 Å². The van der Waals surface area contributed by atoms with Crippen LogP contribution in [0.15, 0.2) is 59.8 Å². The normalized spacial score (nSPS) is 10.7. The molecule has 0 aliphatic rings. The van der Waals surface area contributed by atoms with E-state index in [1.807, 2.05) is 66.2 Å². The minimum absolute atomic E-state index is 0.0622. The van der Waals surface area contributed by atoms with E-state index in [2.05, 4.69) is 15.5 Å². The van der Waals surface area contributed by atoms with Crippen LogP contribution < -0.4 is 5.32 Å². The van der Waals surface area contributed by atoms with Crippen molar-refractivity contribution >= 4 is 46.7 Å². The fourth-order valence-electron chi connectivity index (χ4n) is 2.29. The van der Waals surface area contributed by atoms with E-state index in [0.29, 0.717) is 5.75 Å². The topological polar surface area (TPSA) is 59.8 Å². The maximum atomic E-state index is 12.1. The van der Waals surface area contributed by atoms with E-state index < -0.39 is 0 Å². The monoisotopic (exact) mass is 418 g/mol. The summed E-state index contributed by atoms with van der Waals surface area (Å²) in [6, 6.07) is 17.3. The van der Waals surface area contributed by atoms with E-state index >= 15 is 0 Å². The summed E-state index contributed by atoms with van der Waals surface area (Å²) in [7, 11) is 1.93. The van der Waals surface area contributed by atoms with Gasteiger partial charge in [0, 0.05) is 23.5 Å². The molecule has 0 bridgehead atoms. The lowest BCUT2D eigenvalue weighted by molar-refractivity contribution is -0.113. The first kappa shape index (κ1) is 19.8. The molecule has 140 valence electrons. The van der Waals surface area contributed by atoms with Crippen molar-refractivity contribution in [3.05, 3.63) is 71.0 Å². The third-order valence-electron chi connectivity index (χ3n) is 3.73. The average molecular weight is 419 g/mol. The number of carbonyl (C=O) groups excluding carboxylic acids is 1. The van der Waals surface area contributed by atoms with Crippen molar-refractivity contribution in [1.82, 2.24) is 14.8 Å². The highest BCUT2D eigenvalue weighted by Gasteiger charge is 2.11. The number of halogens is 1. The van der Waals surface area contributed by atoms with Crippen molar-refractivity contribution in [2.75, 3.05) is 11.1 Å². The SMILES string of the molecule is Cn1c(CSCc2ccc(Cl)cc2)nnc1SCC(=O)Nc1ccccc1. The lowest BCUT2D eigenvalue weighted by Gasteiger charge is -2.06. The minimum atomic E-state index is -0.0622. The number of thioether (sulfide) groups is 2. The molecule has 1 amide bonds. The first-order valence-corrected chi connectivity index (χ1v) is 10.8. The highest BCUT2D eigenvalue weighted by Crippen LogP contribution is 2.21. The van der Waals surface area contributed by atoms with E-state index in [-0.39, 0.29) is 5.91 Å². The number of benzene rings is 2. The van der Waals surface area contributed by atoms with E-state index in [9.17, 15) is 4.79 Å². The van der Waals surface area contributed by atoms with Crippen molar-refractivity contribution < 1.29 is 4.79 Å². The Morgan fingerprint density at radius 1 is 1.07 bits per heavy atom. The van der Waals surface area contributed by atoms with Gasteiger partial charge in [0.15, 0.2) is 5.16 Å². The second kappa shape index (κ2) is 9.82. The Morgan fingerprint density at radius 2 is 1.81 bits per heavy atom. The zero-order valence-corrected chi connectivity index (χ0v) is 17.2. The molecule has 1 N–H and O–H groups in total. The van der Waals surface area contributed by atoms with Gasteiger partial charge >= 0.3 is 0 Å². The van der Waals surface area contributed by atoms with Gasteiger partial charge in [0.25, 0.3) is 0 Å². The van der Waals surface area contributed by atoms with Crippen LogP contribution in [0, 0.1) is 0 Å². The van der Waals surface area contributed by atoms with Gasteiger partial charge in [-0.3, -0.25) is 4.79 Å². The molecule has 3 rings (SSSR count).